The maximum Gasteiger partial charge on any atom is 0.249 e. The highest BCUT2D eigenvalue weighted by Crippen LogP contribution is 2.28. The molecule has 0 aromatic rings. The van der Waals surface area contributed by atoms with Gasteiger partial charge in [0.15, 0.2) is 0 Å². The maximum absolute atomic E-state index is 12.1. The van der Waals surface area contributed by atoms with Gasteiger partial charge in [0.1, 0.15) is 6.61 Å². The number of amides is 2. The molecular formula is C16H27N3O4. The summed E-state index contributed by atoms with van der Waals surface area (Å²) in [4.78, 5) is 29.9. The van der Waals surface area contributed by atoms with Crippen molar-refractivity contribution in [2.75, 3.05) is 53.0 Å². The first-order valence-corrected chi connectivity index (χ1v) is 8.49. The van der Waals surface area contributed by atoms with Crippen LogP contribution < -0.4 is 0 Å². The molecule has 3 rings (SSSR count). The van der Waals surface area contributed by atoms with E-state index in [0.29, 0.717) is 19.2 Å². The van der Waals surface area contributed by atoms with E-state index in [9.17, 15) is 9.59 Å². The van der Waals surface area contributed by atoms with E-state index in [0.717, 1.165) is 39.0 Å². The molecule has 3 fully saturated rings. The van der Waals surface area contributed by atoms with Crippen LogP contribution >= 0.6 is 0 Å². The highest BCUT2D eigenvalue weighted by molar-refractivity contribution is 5.78. The fourth-order valence-corrected chi connectivity index (χ4v) is 4.02. The first-order valence-electron chi connectivity index (χ1n) is 8.49. The normalized spacial score (nSPS) is 29.9. The Hall–Kier alpha value is -1.18. The van der Waals surface area contributed by atoms with E-state index in [1.807, 2.05) is 9.80 Å². The third kappa shape index (κ3) is 3.51. The van der Waals surface area contributed by atoms with E-state index >= 15 is 0 Å². The topological polar surface area (TPSA) is 62.3 Å². The standard InChI is InChI=1S/C16H27N3O4/c1-12(20)17-5-3-13(4-6-17)18-9-14-15(10-18)23-11-16(21)19(14)7-8-22-2/h13-15H,3-11H2,1-2H3/t14-,15+/m1/s1. The van der Waals surface area contributed by atoms with Crippen molar-refractivity contribution in [2.24, 2.45) is 0 Å². The van der Waals surface area contributed by atoms with E-state index in [-0.39, 0.29) is 30.6 Å². The predicted octanol–water partition coefficient (Wildman–Crippen LogP) is -0.445. The van der Waals surface area contributed by atoms with Gasteiger partial charge in [-0.25, -0.2) is 0 Å². The molecule has 130 valence electrons. The lowest BCUT2D eigenvalue weighted by atomic mass is 10.0. The number of morpholine rings is 1. The Morgan fingerprint density at radius 1 is 1.30 bits per heavy atom. The fraction of sp³-hybridized carbons (Fsp3) is 0.875. The minimum Gasteiger partial charge on any atom is -0.383 e. The molecule has 7 nitrogen and oxygen atoms in total. The van der Waals surface area contributed by atoms with Gasteiger partial charge in [0.25, 0.3) is 0 Å². The number of carbonyl (C=O) groups is 2. The zero-order valence-electron chi connectivity index (χ0n) is 14.1. The Kier molecular flexibility index (Phi) is 5.18. The summed E-state index contributed by atoms with van der Waals surface area (Å²) in [6, 6.07) is 0.622. The number of piperidine rings is 1. The number of methoxy groups -OCH3 is 1. The monoisotopic (exact) mass is 325 g/mol. The molecule has 0 aromatic heterocycles. The Balaban J connectivity index is 1.58. The number of fused-ring (bicyclic) bond motifs is 1. The summed E-state index contributed by atoms with van der Waals surface area (Å²) >= 11 is 0. The smallest absolute Gasteiger partial charge is 0.249 e. The van der Waals surface area contributed by atoms with Crippen molar-refractivity contribution in [3.05, 3.63) is 0 Å². The van der Waals surface area contributed by atoms with Gasteiger partial charge in [0, 0.05) is 52.8 Å². The summed E-state index contributed by atoms with van der Waals surface area (Å²) in [6.45, 7) is 6.43. The maximum atomic E-state index is 12.1. The minimum atomic E-state index is 0.0662. The van der Waals surface area contributed by atoms with Crippen LogP contribution in [0.3, 0.4) is 0 Å². The SMILES string of the molecule is COCCN1C(=O)CO[C@H]2CN(C3CCN(C(C)=O)CC3)C[C@H]21. The third-order valence-corrected chi connectivity index (χ3v) is 5.37. The van der Waals surface area contributed by atoms with E-state index in [1.165, 1.54) is 0 Å². The highest BCUT2D eigenvalue weighted by Gasteiger charge is 2.45. The molecule has 23 heavy (non-hydrogen) atoms. The van der Waals surface area contributed by atoms with E-state index in [1.54, 1.807) is 14.0 Å². The van der Waals surface area contributed by atoms with Crippen molar-refractivity contribution >= 4 is 11.8 Å². The van der Waals surface area contributed by atoms with Crippen LogP contribution in [0.4, 0.5) is 0 Å². The summed E-state index contributed by atoms with van der Waals surface area (Å²) in [5.74, 6) is 0.231. The third-order valence-electron chi connectivity index (χ3n) is 5.37. The second kappa shape index (κ2) is 7.15. The molecule has 0 spiro atoms. The Bertz CT molecular complexity index is 451. The number of hydrogen-bond donors (Lipinski definition) is 0. The lowest BCUT2D eigenvalue weighted by Gasteiger charge is -2.37. The van der Waals surface area contributed by atoms with Crippen molar-refractivity contribution in [2.45, 2.75) is 38.0 Å². The summed E-state index contributed by atoms with van der Waals surface area (Å²) in [5.41, 5.74) is 0. The molecule has 3 aliphatic heterocycles. The lowest BCUT2D eigenvalue weighted by Crippen LogP contribution is -2.55. The molecule has 7 heteroatoms. The molecule has 3 saturated heterocycles. The van der Waals surface area contributed by atoms with Crippen molar-refractivity contribution in [1.82, 2.24) is 14.7 Å². The van der Waals surface area contributed by atoms with E-state index in [4.69, 9.17) is 9.47 Å². The summed E-state index contributed by atoms with van der Waals surface area (Å²) in [6.07, 6.45) is 2.12. The molecule has 0 N–H and O–H groups in total. The molecule has 2 atom stereocenters. The predicted molar refractivity (Wildman–Crippen MR) is 84.0 cm³/mol. The minimum absolute atomic E-state index is 0.0662. The molecule has 0 radical (unpaired) electrons. The zero-order chi connectivity index (χ0) is 16.4. The largest absolute Gasteiger partial charge is 0.383 e. The van der Waals surface area contributed by atoms with Crippen molar-refractivity contribution in [3.63, 3.8) is 0 Å². The molecule has 0 aliphatic carbocycles. The van der Waals surface area contributed by atoms with Gasteiger partial charge < -0.3 is 19.3 Å². The summed E-state index contributed by atoms with van der Waals surface area (Å²) in [5, 5.41) is 0. The lowest BCUT2D eigenvalue weighted by molar-refractivity contribution is -0.153. The van der Waals surface area contributed by atoms with Crippen LogP contribution in [0.25, 0.3) is 0 Å². The number of ether oxygens (including phenoxy) is 2. The van der Waals surface area contributed by atoms with Crippen LogP contribution in [0.15, 0.2) is 0 Å². The van der Waals surface area contributed by atoms with Gasteiger partial charge in [0.2, 0.25) is 11.8 Å². The summed E-state index contributed by atoms with van der Waals surface area (Å²) < 4.78 is 10.9. The van der Waals surface area contributed by atoms with Crippen LogP contribution in [0.2, 0.25) is 0 Å². The molecule has 0 aromatic carbocycles. The van der Waals surface area contributed by atoms with E-state index < -0.39 is 0 Å². The summed E-state index contributed by atoms with van der Waals surface area (Å²) in [7, 11) is 1.66. The Morgan fingerprint density at radius 3 is 2.70 bits per heavy atom. The highest BCUT2D eigenvalue weighted by atomic mass is 16.5. The van der Waals surface area contributed by atoms with E-state index in [2.05, 4.69) is 4.90 Å². The van der Waals surface area contributed by atoms with Gasteiger partial charge >= 0.3 is 0 Å². The second-order valence-corrected chi connectivity index (χ2v) is 6.69. The number of hydrogen-bond acceptors (Lipinski definition) is 5. The molecular weight excluding hydrogens is 298 g/mol. The van der Waals surface area contributed by atoms with Gasteiger partial charge in [-0.1, -0.05) is 0 Å². The number of nitrogens with zero attached hydrogens (tertiary/aromatic N) is 3. The number of carbonyl (C=O) groups excluding carboxylic acids is 2. The molecule has 3 heterocycles. The molecule has 3 aliphatic rings. The first-order chi connectivity index (χ1) is 11.1. The molecule has 0 unspecified atom stereocenters. The van der Waals surface area contributed by atoms with Crippen LogP contribution in [-0.4, -0.2) is 97.7 Å². The average molecular weight is 325 g/mol. The second-order valence-electron chi connectivity index (χ2n) is 6.69. The van der Waals surface area contributed by atoms with Gasteiger partial charge in [-0.3, -0.25) is 14.5 Å². The average Bonchev–Trinajstić information content (AvgIpc) is 2.98. The number of rotatable bonds is 4. The molecule has 0 saturated carbocycles. The van der Waals surface area contributed by atoms with Crippen LogP contribution in [0.5, 0.6) is 0 Å². The fourth-order valence-electron chi connectivity index (χ4n) is 4.02. The quantitative estimate of drug-likeness (QED) is 0.701. The molecule has 0 bridgehead atoms. The number of likely N-dealkylation sites (tertiary alicyclic amines) is 2. The first kappa shape index (κ1) is 16.7. The Labute approximate surface area is 137 Å². The molecule has 2 amide bonds. The van der Waals surface area contributed by atoms with Gasteiger partial charge in [0.05, 0.1) is 18.8 Å². The van der Waals surface area contributed by atoms with Crippen LogP contribution in [0.1, 0.15) is 19.8 Å². The van der Waals surface area contributed by atoms with Crippen LogP contribution in [-0.2, 0) is 19.1 Å². The van der Waals surface area contributed by atoms with Crippen molar-refractivity contribution in [1.29, 1.82) is 0 Å². The van der Waals surface area contributed by atoms with Crippen molar-refractivity contribution in [3.8, 4) is 0 Å². The van der Waals surface area contributed by atoms with Gasteiger partial charge in [-0.05, 0) is 12.8 Å². The van der Waals surface area contributed by atoms with Crippen LogP contribution in [0, 0.1) is 0 Å². The van der Waals surface area contributed by atoms with Gasteiger partial charge in [-0.2, -0.15) is 0 Å². The van der Waals surface area contributed by atoms with Crippen molar-refractivity contribution < 1.29 is 19.1 Å². The Morgan fingerprint density at radius 2 is 2.04 bits per heavy atom. The zero-order valence-corrected chi connectivity index (χ0v) is 14.1. The van der Waals surface area contributed by atoms with Gasteiger partial charge in [-0.15, -0.1) is 0 Å².